The van der Waals surface area contributed by atoms with E-state index in [0.717, 1.165) is 44.6 Å². The number of piperidine rings is 1. The minimum absolute atomic E-state index is 0.0705. The number of amides is 1. The van der Waals surface area contributed by atoms with Gasteiger partial charge in [0.2, 0.25) is 5.91 Å². The van der Waals surface area contributed by atoms with Crippen molar-refractivity contribution in [3.63, 3.8) is 0 Å². The van der Waals surface area contributed by atoms with Crippen molar-refractivity contribution in [3.8, 4) is 0 Å². The van der Waals surface area contributed by atoms with Crippen LogP contribution in [0.15, 0.2) is 54.6 Å². The summed E-state index contributed by atoms with van der Waals surface area (Å²) in [6.07, 6.45) is 1.79. The number of likely N-dealkylation sites (tertiary alicyclic amines) is 1. The Morgan fingerprint density at radius 2 is 1.82 bits per heavy atom. The predicted molar refractivity (Wildman–Crippen MR) is 108 cm³/mol. The summed E-state index contributed by atoms with van der Waals surface area (Å²) in [5.41, 5.74) is 2.20. The highest BCUT2D eigenvalue weighted by molar-refractivity contribution is 5.79. The van der Waals surface area contributed by atoms with Gasteiger partial charge in [0.25, 0.3) is 0 Å². The molecule has 2 heterocycles. The van der Waals surface area contributed by atoms with Crippen LogP contribution < -0.4 is 5.32 Å². The number of carbonyl (C=O) groups is 1. The molecule has 1 atom stereocenters. The van der Waals surface area contributed by atoms with E-state index in [1.54, 1.807) is 12.1 Å². The van der Waals surface area contributed by atoms with Crippen LogP contribution >= 0.6 is 0 Å². The average molecular weight is 381 g/mol. The van der Waals surface area contributed by atoms with Gasteiger partial charge < -0.3 is 10.2 Å². The summed E-state index contributed by atoms with van der Waals surface area (Å²) < 4.78 is 13.7. The minimum Gasteiger partial charge on any atom is -0.333 e. The van der Waals surface area contributed by atoms with Crippen molar-refractivity contribution in [2.45, 2.75) is 25.4 Å². The Morgan fingerprint density at radius 1 is 1.04 bits per heavy atom. The zero-order valence-corrected chi connectivity index (χ0v) is 16.2. The van der Waals surface area contributed by atoms with Gasteiger partial charge in [0.1, 0.15) is 5.82 Å². The van der Waals surface area contributed by atoms with E-state index in [1.807, 2.05) is 17.0 Å². The Morgan fingerprint density at radius 3 is 2.57 bits per heavy atom. The second kappa shape index (κ2) is 8.84. The summed E-state index contributed by atoms with van der Waals surface area (Å²) in [7, 11) is 0. The molecule has 2 fully saturated rings. The Kier molecular flexibility index (Phi) is 6.03. The molecule has 1 N–H and O–H groups in total. The number of carbonyl (C=O) groups excluding carboxylic acids is 1. The number of nitrogens with one attached hydrogen (secondary N) is 1. The molecular weight excluding hydrogens is 353 g/mol. The molecule has 0 saturated carbocycles. The maximum atomic E-state index is 13.7. The molecule has 0 radical (unpaired) electrons. The fourth-order valence-electron chi connectivity index (χ4n) is 4.39. The lowest BCUT2D eigenvalue weighted by molar-refractivity contribution is -0.140. The number of hydrogen-bond acceptors (Lipinski definition) is 3. The van der Waals surface area contributed by atoms with Crippen LogP contribution in [0.1, 0.15) is 30.0 Å². The van der Waals surface area contributed by atoms with Crippen LogP contribution in [0.3, 0.4) is 0 Å². The van der Waals surface area contributed by atoms with Crippen molar-refractivity contribution in [2.75, 3.05) is 32.7 Å². The fraction of sp³-hybridized carbons (Fsp3) is 0.435. The molecule has 4 rings (SSSR count). The van der Waals surface area contributed by atoms with Gasteiger partial charge >= 0.3 is 0 Å². The van der Waals surface area contributed by atoms with Crippen molar-refractivity contribution < 1.29 is 9.18 Å². The first-order valence-corrected chi connectivity index (χ1v) is 10.2. The molecule has 2 aromatic carbocycles. The van der Waals surface area contributed by atoms with Crippen LogP contribution in [0.4, 0.5) is 4.39 Å². The third-order valence-corrected chi connectivity index (χ3v) is 5.95. The maximum absolute atomic E-state index is 13.7. The highest BCUT2D eigenvalue weighted by Gasteiger charge is 2.34. The summed E-state index contributed by atoms with van der Waals surface area (Å²) in [5.74, 6) is 0.0565. The van der Waals surface area contributed by atoms with E-state index in [0.29, 0.717) is 13.1 Å². The van der Waals surface area contributed by atoms with Gasteiger partial charge in [-0.15, -0.1) is 0 Å². The van der Waals surface area contributed by atoms with Gasteiger partial charge in [0.15, 0.2) is 0 Å². The fourth-order valence-corrected chi connectivity index (χ4v) is 4.39. The Hall–Kier alpha value is -2.24. The topological polar surface area (TPSA) is 35.6 Å². The zero-order chi connectivity index (χ0) is 19.3. The molecule has 1 amide bonds. The quantitative estimate of drug-likeness (QED) is 0.883. The van der Waals surface area contributed by atoms with Crippen LogP contribution in [-0.2, 0) is 11.3 Å². The summed E-state index contributed by atoms with van der Waals surface area (Å²) in [4.78, 5) is 17.7. The van der Waals surface area contributed by atoms with Crippen LogP contribution in [-0.4, -0.2) is 48.4 Å². The molecule has 4 nitrogen and oxygen atoms in total. The second-order valence-corrected chi connectivity index (χ2v) is 7.84. The molecule has 5 heteroatoms. The Bertz CT molecular complexity index is 789. The van der Waals surface area contributed by atoms with E-state index >= 15 is 0 Å². The number of hydrogen-bond donors (Lipinski definition) is 1. The maximum Gasteiger partial charge on any atom is 0.226 e. The largest absolute Gasteiger partial charge is 0.333 e. The van der Waals surface area contributed by atoms with Gasteiger partial charge in [-0.25, -0.2) is 4.39 Å². The van der Waals surface area contributed by atoms with Gasteiger partial charge in [0.05, 0.1) is 6.04 Å². The van der Waals surface area contributed by atoms with Crippen molar-refractivity contribution in [3.05, 3.63) is 71.5 Å². The van der Waals surface area contributed by atoms with E-state index in [4.69, 9.17) is 0 Å². The first-order valence-electron chi connectivity index (χ1n) is 10.2. The predicted octanol–water partition coefficient (Wildman–Crippen LogP) is 3.21. The standard InChI is InChI=1S/C23H28FN3O/c24-21-8-4-7-20(15-21)22-16-25-11-14-27(22)23(28)19-9-12-26(13-10-19)17-18-5-2-1-3-6-18/h1-8,15,19,22,25H,9-14,16-17H2. The van der Waals surface area contributed by atoms with Crippen molar-refractivity contribution >= 4 is 5.91 Å². The van der Waals surface area contributed by atoms with E-state index in [1.165, 1.54) is 11.6 Å². The number of rotatable bonds is 4. The molecule has 0 aromatic heterocycles. The molecule has 0 bridgehead atoms. The molecule has 2 saturated heterocycles. The molecule has 2 aromatic rings. The van der Waals surface area contributed by atoms with Crippen LogP contribution in [0.5, 0.6) is 0 Å². The lowest BCUT2D eigenvalue weighted by Gasteiger charge is -2.40. The Labute approximate surface area is 166 Å². The van der Waals surface area contributed by atoms with Crippen molar-refractivity contribution in [1.82, 2.24) is 15.1 Å². The normalized spacial score (nSPS) is 21.6. The lowest BCUT2D eigenvalue weighted by Crippen LogP contribution is -2.51. The van der Waals surface area contributed by atoms with Crippen molar-refractivity contribution in [2.24, 2.45) is 5.92 Å². The van der Waals surface area contributed by atoms with E-state index in [9.17, 15) is 9.18 Å². The summed E-state index contributed by atoms with van der Waals surface area (Å²) in [5, 5.41) is 3.35. The second-order valence-electron chi connectivity index (χ2n) is 7.84. The lowest BCUT2D eigenvalue weighted by atomic mass is 9.93. The molecule has 28 heavy (non-hydrogen) atoms. The third kappa shape index (κ3) is 4.42. The molecule has 0 aliphatic carbocycles. The van der Waals surface area contributed by atoms with Gasteiger partial charge in [0, 0.05) is 32.1 Å². The first kappa shape index (κ1) is 19.1. The average Bonchev–Trinajstić information content (AvgIpc) is 2.74. The molecule has 2 aliphatic rings. The van der Waals surface area contributed by atoms with E-state index in [2.05, 4.69) is 34.5 Å². The molecule has 148 valence electrons. The number of piperazine rings is 1. The van der Waals surface area contributed by atoms with Crippen LogP contribution in [0, 0.1) is 11.7 Å². The van der Waals surface area contributed by atoms with E-state index < -0.39 is 0 Å². The van der Waals surface area contributed by atoms with Gasteiger partial charge in [-0.3, -0.25) is 9.69 Å². The summed E-state index contributed by atoms with van der Waals surface area (Å²) in [6, 6.07) is 17.1. The smallest absolute Gasteiger partial charge is 0.226 e. The summed E-state index contributed by atoms with van der Waals surface area (Å²) >= 11 is 0. The third-order valence-electron chi connectivity index (χ3n) is 5.95. The van der Waals surface area contributed by atoms with Crippen molar-refractivity contribution in [1.29, 1.82) is 0 Å². The molecular formula is C23H28FN3O. The highest BCUT2D eigenvalue weighted by atomic mass is 19.1. The van der Waals surface area contributed by atoms with Gasteiger partial charge in [-0.2, -0.15) is 0 Å². The number of benzene rings is 2. The first-order chi connectivity index (χ1) is 13.7. The van der Waals surface area contributed by atoms with Gasteiger partial charge in [-0.05, 0) is 49.2 Å². The summed E-state index contributed by atoms with van der Waals surface area (Å²) in [6.45, 7) is 5.00. The van der Waals surface area contributed by atoms with Crippen LogP contribution in [0.25, 0.3) is 0 Å². The minimum atomic E-state index is -0.246. The highest BCUT2D eigenvalue weighted by Crippen LogP contribution is 2.28. The number of halogens is 1. The van der Waals surface area contributed by atoms with Gasteiger partial charge in [-0.1, -0.05) is 42.5 Å². The zero-order valence-electron chi connectivity index (χ0n) is 16.2. The molecule has 2 aliphatic heterocycles. The number of nitrogens with zero attached hydrogens (tertiary/aromatic N) is 2. The monoisotopic (exact) mass is 381 g/mol. The Balaban J connectivity index is 1.38. The van der Waals surface area contributed by atoms with Crippen LogP contribution in [0.2, 0.25) is 0 Å². The molecule has 0 spiro atoms. The molecule has 1 unspecified atom stereocenters. The van der Waals surface area contributed by atoms with E-state index in [-0.39, 0.29) is 23.7 Å². The SMILES string of the molecule is O=C(C1CCN(Cc2ccccc2)CC1)N1CCNCC1c1cccc(F)c1.